The van der Waals surface area contributed by atoms with E-state index in [0.29, 0.717) is 18.1 Å². The molecule has 0 unspecified atom stereocenters. The number of imide groups is 1. The van der Waals surface area contributed by atoms with E-state index < -0.39 is 35.7 Å². The minimum atomic E-state index is -0.808. The maximum absolute atomic E-state index is 12.8. The standard InChI is InChI=1S/C27H43N3O9/c1-17(2)25(29-20(32)9-7-10-24(36)39-30-21(33)12-13-22(30)34)19(31)15-18(3)26(37)28-14-8-11-23(35)38-16-27(4,5)6/h17-18,25H,7-16H2,1-6H3,(H,28,37)(H,29,32)/t18-,25+/m1/s1. The van der Waals surface area contributed by atoms with Crippen LogP contribution in [0.15, 0.2) is 0 Å². The summed E-state index contributed by atoms with van der Waals surface area (Å²) in [6.07, 6.45) is 0.351. The number of amides is 4. The Morgan fingerprint density at radius 3 is 2.05 bits per heavy atom. The summed E-state index contributed by atoms with van der Waals surface area (Å²) in [5.41, 5.74) is -0.119. The molecule has 2 N–H and O–H groups in total. The molecule has 0 aromatic heterocycles. The first-order valence-corrected chi connectivity index (χ1v) is 13.4. The van der Waals surface area contributed by atoms with Crippen LogP contribution >= 0.6 is 0 Å². The lowest BCUT2D eigenvalue weighted by atomic mass is 9.92. The minimum absolute atomic E-state index is 0.00625. The van der Waals surface area contributed by atoms with Crippen LogP contribution in [0.4, 0.5) is 0 Å². The van der Waals surface area contributed by atoms with Gasteiger partial charge >= 0.3 is 11.9 Å². The Bertz CT molecular complexity index is 908. The minimum Gasteiger partial charge on any atom is -0.465 e. The zero-order valence-corrected chi connectivity index (χ0v) is 23.9. The zero-order valence-electron chi connectivity index (χ0n) is 23.9. The number of carbonyl (C=O) groups is 7. The molecule has 1 rings (SSSR count). The first-order valence-electron chi connectivity index (χ1n) is 13.4. The van der Waals surface area contributed by atoms with Gasteiger partial charge in [-0.05, 0) is 24.2 Å². The molecule has 4 amide bonds. The zero-order chi connectivity index (χ0) is 29.8. The van der Waals surface area contributed by atoms with Crippen molar-refractivity contribution in [2.45, 2.75) is 99.0 Å². The van der Waals surface area contributed by atoms with E-state index >= 15 is 0 Å². The summed E-state index contributed by atoms with van der Waals surface area (Å²) in [7, 11) is 0. The van der Waals surface area contributed by atoms with Crippen LogP contribution in [0.1, 0.15) is 92.9 Å². The van der Waals surface area contributed by atoms with Crippen LogP contribution in [-0.4, -0.2) is 65.6 Å². The smallest absolute Gasteiger partial charge is 0.333 e. The van der Waals surface area contributed by atoms with Crippen LogP contribution < -0.4 is 10.6 Å². The Hall–Kier alpha value is -3.31. The predicted octanol–water partition coefficient (Wildman–Crippen LogP) is 1.99. The summed E-state index contributed by atoms with van der Waals surface area (Å²) in [5.74, 6) is -4.21. The molecule has 39 heavy (non-hydrogen) atoms. The van der Waals surface area contributed by atoms with E-state index in [1.54, 1.807) is 20.8 Å². The molecule has 0 radical (unpaired) electrons. The Morgan fingerprint density at radius 2 is 1.49 bits per heavy atom. The highest BCUT2D eigenvalue weighted by Gasteiger charge is 2.33. The summed E-state index contributed by atoms with van der Waals surface area (Å²) in [5, 5.41) is 5.84. The van der Waals surface area contributed by atoms with Gasteiger partial charge in [0.2, 0.25) is 11.8 Å². The van der Waals surface area contributed by atoms with Crippen molar-refractivity contribution in [3.05, 3.63) is 0 Å². The fraction of sp³-hybridized carbons (Fsp3) is 0.741. The highest BCUT2D eigenvalue weighted by molar-refractivity contribution is 6.01. The van der Waals surface area contributed by atoms with Gasteiger partial charge in [0, 0.05) is 51.0 Å². The molecule has 12 nitrogen and oxygen atoms in total. The molecule has 0 aromatic carbocycles. The lowest BCUT2D eigenvalue weighted by molar-refractivity contribution is -0.197. The summed E-state index contributed by atoms with van der Waals surface area (Å²) in [6.45, 7) is 11.6. The average Bonchev–Trinajstić information content (AvgIpc) is 3.14. The Morgan fingerprint density at radius 1 is 0.897 bits per heavy atom. The first-order chi connectivity index (χ1) is 18.1. The van der Waals surface area contributed by atoms with Crippen LogP contribution in [-0.2, 0) is 43.1 Å². The largest absolute Gasteiger partial charge is 0.465 e. The summed E-state index contributed by atoms with van der Waals surface area (Å²) in [4.78, 5) is 89.0. The number of ketones is 1. The number of esters is 1. The topological polar surface area (TPSA) is 165 Å². The Labute approximate surface area is 229 Å². The second-order valence-electron chi connectivity index (χ2n) is 11.4. The van der Waals surface area contributed by atoms with E-state index in [2.05, 4.69) is 10.6 Å². The molecular formula is C27H43N3O9. The molecule has 0 bridgehead atoms. The van der Waals surface area contributed by atoms with Crippen LogP contribution in [0.25, 0.3) is 0 Å². The van der Waals surface area contributed by atoms with Gasteiger partial charge < -0.3 is 20.2 Å². The molecular weight excluding hydrogens is 510 g/mol. The monoisotopic (exact) mass is 553 g/mol. The van der Waals surface area contributed by atoms with Crippen LogP contribution in [0.2, 0.25) is 0 Å². The number of Topliss-reactive ketones (excluding diaryl/α,β-unsaturated/α-hetero) is 1. The number of nitrogens with zero attached hydrogens (tertiary/aromatic N) is 1. The Balaban J connectivity index is 2.38. The van der Waals surface area contributed by atoms with E-state index in [1.807, 2.05) is 20.8 Å². The predicted molar refractivity (Wildman–Crippen MR) is 139 cm³/mol. The van der Waals surface area contributed by atoms with Gasteiger partial charge in [-0.3, -0.25) is 28.8 Å². The first kappa shape index (κ1) is 33.7. The van der Waals surface area contributed by atoms with Crippen molar-refractivity contribution in [3.8, 4) is 0 Å². The number of hydrogen-bond acceptors (Lipinski definition) is 9. The molecule has 0 aliphatic carbocycles. The van der Waals surface area contributed by atoms with Crippen molar-refractivity contribution in [2.75, 3.05) is 13.2 Å². The van der Waals surface area contributed by atoms with Gasteiger partial charge in [-0.1, -0.05) is 41.5 Å². The van der Waals surface area contributed by atoms with Gasteiger partial charge in [-0.25, -0.2) is 4.79 Å². The molecule has 220 valence electrons. The molecule has 1 aliphatic heterocycles. The third-order valence-electron chi connectivity index (χ3n) is 5.79. The molecule has 1 fully saturated rings. The summed E-state index contributed by atoms with van der Waals surface area (Å²) < 4.78 is 5.18. The second-order valence-corrected chi connectivity index (χ2v) is 11.4. The molecule has 1 aliphatic rings. The number of carbonyl (C=O) groups excluding carboxylic acids is 7. The molecule has 2 atom stereocenters. The lowest BCUT2D eigenvalue weighted by Crippen LogP contribution is -2.45. The third-order valence-corrected chi connectivity index (χ3v) is 5.79. The number of rotatable bonds is 16. The molecule has 1 saturated heterocycles. The van der Waals surface area contributed by atoms with Gasteiger partial charge in [0.1, 0.15) is 0 Å². The van der Waals surface area contributed by atoms with Crippen molar-refractivity contribution in [1.82, 2.24) is 15.7 Å². The van der Waals surface area contributed by atoms with Crippen molar-refractivity contribution in [2.24, 2.45) is 17.3 Å². The van der Waals surface area contributed by atoms with Crippen LogP contribution in [0.5, 0.6) is 0 Å². The van der Waals surface area contributed by atoms with Crippen molar-refractivity contribution in [3.63, 3.8) is 0 Å². The normalized spacial score (nSPS) is 15.1. The van der Waals surface area contributed by atoms with E-state index in [-0.39, 0.29) is 80.5 Å². The van der Waals surface area contributed by atoms with E-state index in [0.717, 1.165) is 0 Å². The molecule has 0 saturated carbocycles. The fourth-order valence-corrected chi connectivity index (χ4v) is 3.57. The third kappa shape index (κ3) is 13.4. The number of nitrogens with one attached hydrogen (secondary N) is 2. The molecule has 1 heterocycles. The number of ether oxygens (including phenoxy) is 1. The maximum Gasteiger partial charge on any atom is 0.333 e. The SMILES string of the molecule is CC(C)[C@H](NC(=O)CCCC(=O)ON1C(=O)CCC1=O)C(=O)C[C@@H](C)C(=O)NCCCC(=O)OCC(C)(C)C. The quantitative estimate of drug-likeness (QED) is 0.165. The van der Waals surface area contributed by atoms with Gasteiger partial charge in [0.05, 0.1) is 12.6 Å². The highest BCUT2D eigenvalue weighted by Crippen LogP contribution is 2.15. The van der Waals surface area contributed by atoms with E-state index in [9.17, 15) is 33.6 Å². The van der Waals surface area contributed by atoms with Crippen molar-refractivity contribution >= 4 is 41.4 Å². The fourth-order valence-electron chi connectivity index (χ4n) is 3.57. The van der Waals surface area contributed by atoms with Gasteiger partial charge in [0.15, 0.2) is 5.78 Å². The summed E-state index contributed by atoms with van der Waals surface area (Å²) >= 11 is 0. The van der Waals surface area contributed by atoms with Gasteiger partial charge in [0.25, 0.3) is 11.8 Å². The van der Waals surface area contributed by atoms with Crippen molar-refractivity contribution < 1.29 is 43.1 Å². The second kappa shape index (κ2) is 15.9. The van der Waals surface area contributed by atoms with Crippen LogP contribution in [0, 0.1) is 17.3 Å². The Kier molecular flexibility index (Phi) is 13.8. The maximum atomic E-state index is 12.8. The summed E-state index contributed by atoms with van der Waals surface area (Å²) in [6, 6.07) is -0.808. The molecule has 0 aromatic rings. The van der Waals surface area contributed by atoms with E-state index in [4.69, 9.17) is 9.57 Å². The number of hydroxylamine groups is 2. The highest BCUT2D eigenvalue weighted by atomic mass is 16.7. The molecule has 0 spiro atoms. The van der Waals surface area contributed by atoms with Gasteiger partial charge in [-0.15, -0.1) is 5.06 Å². The number of hydrogen-bond donors (Lipinski definition) is 2. The lowest BCUT2D eigenvalue weighted by Gasteiger charge is -2.23. The van der Waals surface area contributed by atoms with E-state index in [1.165, 1.54) is 0 Å². The van der Waals surface area contributed by atoms with Crippen LogP contribution in [0.3, 0.4) is 0 Å². The van der Waals surface area contributed by atoms with Crippen molar-refractivity contribution in [1.29, 1.82) is 0 Å². The average molecular weight is 554 g/mol. The van der Waals surface area contributed by atoms with Gasteiger partial charge in [-0.2, -0.15) is 0 Å². The molecule has 12 heteroatoms.